The van der Waals surface area contributed by atoms with Crippen molar-refractivity contribution in [1.29, 1.82) is 0 Å². The van der Waals surface area contributed by atoms with Gasteiger partial charge in [0.2, 0.25) is 5.88 Å². The van der Waals surface area contributed by atoms with Crippen molar-refractivity contribution in [3.63, 3.8) is 0 Å². The second-order valence-electron chi connectivity index (χ2n) is 9.88. The molecule has 0 atom stereocenters. The van der Waals surface area contributed by atoms with Gasteiger partial charge in [-0.15, -0.1) is 0 Å². The molecule has 0 aliphatic heterocycles. The lowest BCUT2D eigenvalue weighted by Gasteiger charge is -2.40. The number of aryl methyl sites for hydroxylation is 1. The highest BCUT2D eigenvalue weighted by Gasteiger charge is 2.35. The van der Waals surface area contributed by atoms with Gasteiger partial charge in [0.25, 0.3) is 5.56 Å². The summed E-state index contributed by atoms with van der Waals surface area (Å²) in [6.45, 7) is 0.925. The van der Waals surface area contributed by atoms with Gasteiger partial charge in [-0.1, -0.05) is 12.1 Å². The van der Waals surface area contributed by atoms with Gasteiger partial charge in [0.15, 0.2) is 0 Å². The van der Waals surface area contributed by atoms with Gasteiger partial charge in [-0.25, -0.2) is 14.4 Å². The Hall–Kier alpha value is -3.43. The lowest BCUT2D eigenvalue weighted by molar-refractivity contribution is 0.0666. The van der Waals surface area contributed by atoms with E-state index in [1.165, 1.54) is 6.20 Å². The molecule has 0 unspecified atom stereocenters. The van der Waals surface area contributed by atoms with Crippen LogP contribution >= 0.6 is 0 Å². The van der Waals surface area contributed by atoms with Crippen LogP contribution in [0.3, 0.4) is 0 Å². The number of hydrogen-bond acceptors (Lipinski definition) is 7. The third-order valence-corrected chi connectivity index (χ3v) is 7.53. The smallest absolute Gasteiger partial charge is 0.271 e. The molecule has 3 heterocycles. The van der Waals surface area contributed by atoms with Crippen molar-refractivity contribution in [2.45, 2.75) is 50.6 Å². The molecule has 2 N–H and O–H groups in total. The van der Waals surface area contributed by atoms with Crippen LogP contribution in [0.15, 0.2) is 47.4 Å². The van der Waals surface area contributed by atoms with Crippen molar-refractivity contribution in [1.82, 2.24) is 25.3 Å². The number of aromatic nitrogens is 4. The number of methoxy groups -OCH3 is 2. The van der Waals surface area contributed by atoms with Gasteiger partial charge < -0.3 is 19.8 Å². The van der Waals surface area contributed by atoms with E-state index >= 15 is 0 Å². The van der Waals surface area contributed by atoms with Crippen molar-refractivity contribution in [3.05, 3.63) is 70.0 Å². The second-order valence-corrected chi connectivity index (χ2v) is 9.88. The summed E-state index contributed by atoms with van der Waals surface area (Å²) in [4.78, 5) is 28.7. The normalized spacial score (nSPS) is 19.9. The van der Waals surface area contributed by atoms with Crippen LogP contribution in [0.25, 0.3) is 22.1 Å². The molecule has 8 nitrogen and oxygen atoms in total. The van der Waals surface area contributed by atoms with Crippen LogP contribution in [0, 0.1) is 11.7 Å². The highest BCUT2D eigenvalue weighted by atomic mass is 19.1. The maximum absolute atomic E-state index is 14.7. The number of ether oxygens (including phenoxy) is 2. The molecule has 0 saturated heterocycles. The number of fused-ring (bicyclic) bond motifs is 2. The Balaban J connectivity index is 1.24. The van der Waals surface area contributed by atoms with Gasteiger partial charge in [-0.05, 0) is 62.6 Å². The van der Waals surface area contributed by atoms with E-state index in [-0.39, 0.29) is 16.9 Å². The van der Waals surface area contributed by atoms with Crippen molar-refractivity contribution in [2.75, 3.05) is 20.8 Å². The number of nitrogens with zero attached hydrogens (tertiary/aromatic N) is 3. The molecule has 4 aromatic rings. The monoisotopic (exact) mass is 505 g/mol. The molecule has 0 spiro atoms. The van der Waals surface area contributed by atoms with Gasteiger partial charge in [0, 0.05) is 30.8 Å². The Bertz CT molecular complexity index is 1450. The molecule has 9 heteroatoms. The molecule has 5 rings (SSSR count). The van der Waals surface area contributed by atoms with E-state index in [1.54, 1.807) is 20.3 Å². The predicted molar refractivity (Wildman–Crippen MR) is 140 cm³/mol. The molecular formula is C28H32FN5O3. The van der Waals surface area contributed by atoms with Gasteiger partial charge in [-0.2, -0.15) is 0 Å². The fourth-order valence-electron chi connectivity index (χ4n) is 5.40. The summed E-state index contributed by atoms with van der Waals surface area (Å²) in [5.74, 6) is 0.587. The van der Waals surface area contributed by atoms with Crippen molar-refractivity contribution < 1.29 is 13.9 Å². The average Bonchev–Trinajstić information content (AvgIpc) is 2.92. The number of halogens is 1. The quantitative estimate of drug-likeness (QED) is 0.349. The third-order valence-electron chi connectivity index (χ3n) is 7.53. The summed E-state index contributed by atoms with van der Waals surface area (Å²) >= 11 is 0. The van der Waals surface area contributed by atoms with Crippen molar-refractivity contribution >= 4 is 22.1 Å². The number of aromatic amines is 1. The van der Waals surface area contributed by atoms with Crippen molar-refractivity contribution in [2.24, 2.45) is 5.92 Å². The van der Waals surface area contributed by atoms with Gasteiger partial charge in [0.1, 0.15) is 11.5 Å². The molecule has 1 aliphatic carbocycles. The zero-order valence-electron chi connectivity index (χ0n) is 21.2. The van der Waals surface area contributed by atoms with Gasteiger partial charge in [-0.3, -0.25) is 9.78 Å². The molecule has 1 fully saturated rings. The Labute approximate surface area is 214 Å². The van der Waals surface area contributed by atoms with E-state index < -0.39 is 0 Å². The van der Waals surface area contributed by atoms with E-state index in [4.69, 9.17) is 9.47 Å². The van der Waals surface area contributed by atoms with Crippen molar-refractivity contribution in [3.8, 4) is 5.88 Å². The Morgan fingerprint density at radius 1 is 1.11 bits per heavy atom. The lowest BCUT2D eigenvalue weighted by Crippen LogP contribution is -2.51. The average molecular weight is 506 g/mol. The molecule has 0 radical (unpaired) electrons. The molecule has 1 aromatic carbocycles. The van der Waals surface area contributed by atoms with E-state index in [1.807, 2.05) is 30.3 Å². The van der Waals surface area contributed by atoms with Gasteiger partial charge in [0.05, 0.1) is 42.0 Å². The second kappa shape index (κ2) is 10.9. The molecule has 194 valence electrons. The number of hydrogen-bond donors (Lipinski definition) is 2. The fourth-order valence-corrected chi connectivity index (χ4v) is 5.40. The minimum absolute atomic E-state index is 0.177. The van der Waals surface area contributed by atoms with Crippen LogP contribution in [0.5, 0.6) is 5.88 Å². The molecule has 1 saturated carbocycles. The van der Waals surface area contributed by atoms with Crippen LogP contribution in [-0.2, 0) is 17.7 Å². The van der Waals surface area contributed by atoms with E-state index in [0.29, 0.717) is 53.7 Å². The summed E-state index contributed by atoms with van der Waals surface area (Å²) in [6, 6.07) is 11.1. The topological polar surface area (TPSA) is 102 Å². The Morgan fingerprint density at radius 2 is 1.92 bits per heavy atom. The van der Waals surface area contributed by atoms with E-state index in [0.717, 1.165) is 43.1 Å². The SMILES string of the molecule is COCC1(NCc2nc3ccccc3[nH]c2=O)CCC(CCc2c(F)cnc3ccc(OC)nc23)CC1. The number of rotatable bonds is 9. The summed E-state index contributed by atoms with van der Waals surface area (Å²) in [7, 11) is 3.25. The maximum atomic E-state index is 14.7. The third kappa shape index (κ3) is 5.47. The maximum Gasteiger partial charge on any atom is 0.271 e. The number of nitrogens with one attached hydrogen (secondary N) is 2. The fraction of sp³-hybridized carbons (Fsp3) is 0.429. The number of benzene rings is 1. The zero-order chi connectivity index (χ0) is 25.8. The Kier molecular flexibility index (Phi) is 7.43. The minimum Gasteiger partial charge on any atom is -0.481 e. The van der Waals surface area contributed by atoms with Crippen LogP contribution in [-0.4, -0.2) is 46.3 Å². The lowest BCUT2D eigenvalue weighted by atomic mass is 9.75. The first-order chi connectivity index (χ1) is 18.0. The van der Waals surface area contributed by atoms with Crippen LogP contribution in [0.4, 0.5) is 4.39 Å². The van der Waals surface area contributed by atoms with Crippen LogP contribution in [0.1, 0.15) is 43.4 Å². The van der Waals surface area contributed by atoms with Crippen LogP contribution in [0.2, 0.25) is 0 Å². The van der Waals surface area contributed by atoms with E-state index in [9.17, 15) is 9.18 Å². The zero-order valence-corrected chi connectivity index (χ0v) is 21.2. The van der Waals surface area contributed by atoms with E-state index in [2.05, 4.69) is 25.3 Å². The largest absolute Gasteiger partial charge is 0.481 e. The molecule has 37 heavy (non-hydrogen) atoms. The molecule has 3 aromatic heterocycles. The minimum atomic E-state index is -0.326. The summed E-state index contributed by atoms with van der Waals surface area (Å²) in [6.07, 6.45) is 6.52. The predicted octanol–water partition coefficient (Wildman–Crippen LogP) is 4.31. The first-order valence-electron chi connectivity index (χ1n) is 12.7. The molecule has 0 amide bonds. The van der Waals surface area contributed by atoms with Crippen LogP contribution < -0.4 is 15.6 Å². The highest BCUT2D eigenvalue weighted by molar-refractivity contribution is 5.78. The number of para-hydroxylation sites is 2. The first kappa shape index (κ1) is 25.2. The molecule has 0 bridgehead atoms. The summed E-state index contributed by atoms with van der Waals surface area (Å²) < 4.78 is 25.5. The molecule has 1 aliphatic rings. The number of H-pyrrole nitrogens is 1. The first-order valence-corrected chi connectivity index (χ1v) is 12.7. The summed E-state index contributed by atoms with van der Waals surface area (Å²) in [5, 5.41) is 3.60. The van der Waals surface area contributed by atoms with Gasteiger partial charge >= 0.3 is 0 Å². The Morgan fingerprint density at radius 3 is 2.70 bits per heavy atom. The highest BCUT2D eigenvalue weighted by Crippen LogP contribution is 2.35. The number of pyridine rings is 2. The summed E-state index contributed by atoms with van der Waals surface area (Å²) in [5.41, 5.74) is 3.40. The standard InChI is InChI=1S/C28H32FN5O3/c1-36-17-28(31-16-24-27(35)33-22-6-4-3-5-21(22)32-24)13-11-18(12-14-28)7-8-19-20(29)15-30-23-9-10-25(37-2)34-26(19)23/h3-6,9-10,15,18,31H,7-8,11-14,16-17H2,1-2H3,(H,33,35). The molecular weight excluding hydrogens is 473 g/mol.